The number of aryl methyl sites for hydroxylation is 1. The number of rotatable bonds is 0. The van der Waals surface area contributed by atoms with Crippen LogP contribution in [-0.4, -0.2) is 17.8 Å². The van der Waals surface area contributed by atoms with Gasteiger partial charge in [-0.3, -0.25) is 0 Å². The van der Waals surface area contributed by atoms with E-state index in [1.165, 1.54) is 11.1 Å². The highest BCUT2D eigenvalue weighted by molar-refractivity contribution is 5.71. The molecule has 2 unspecified atom stereocenters. The minimum Gasteiger partial charge on any atom is -0.492 e. The zero-order chi connectivity index (χ0) is 20.0. The fourth-order valence-electron chi connectivity index (χ4n) is 4.93. The Morgan fingerprint density at radius 2 is 1.79 bits per heavy atom. The minimum atomic E-state index is -0.296. The van der Waals surface area contributed by atoms with Gasteiger partial charge in [-0.05, 0) is 70.4 Å². The van der Waals surface area contributed by atoms with Crippen molar-refractivity contribution in [3.05, 3.63) is 52.6 Å². The summed E-state index contributed by atoms with van der Waals surface area (Å²) < 4.78 is 25.1. The Hall–Kier alpha value is -2.62. The van der Waals surface area contributed by atoms with Crippen molar-refractivity contribution < 1.29 is 18.9 Å². The Morgan fingerprint density at radius 3 is 2.66 bits per heavy atom. The molecule has 0 N–H and O–H groups in total. The van der Waals surface area contributed by atoms with Gasteiger partial charge in [0.1, 0.15) is 40.3 Å². The molecule has 0 saturated carbocycles. The van der Waals surface area contributed by atoms with E-state index in [0.29, 0.717) is 6.61 Å². The molecule has 0 aliphatic carbocycles. The maximum absolute atomic E-state index is 6.58. The number of ether oxygens (including phenoxy) is 4. The molecule has 6 rings (SSSR count). The third kappa shape index (κ3) is 2.58. The van der Waals surface area contributed by atoms with E-state index in [-0.39, 0.29) is 23.2 Å². The Kier molecular flexibility index (Phi) is 3.27. The van der Waals surface area contributed by atoms with Crippen LogP contribution in [0, 0.1) is 0 Å². The molecule has 0 bridgehead atoms. The first-order valence-electron chi connectivity index (χ1n) is 10.5. The van der Waals surface area contributed by atoms with Crippen LogP contribution in [0.3, 0.4) is 0 Å². The van der Waals surface area contributed by atoms with Gasteiger partial charge in [-0.1, -0.05) is 6.07 Å². The first-order valence-corrected chi connectivity index (χ1v) is 10.5. The Morgan fingerprint density at radius 1 is 0.931 bits per heavy atom. The molecular formula is C25H26O4. The third-order valence-electron chi connectivity index (χ3n) is 6.52. The normalized spacial score (nSPS) is 26.3. The van der Waals surface area contributed by atoms with E-state index in [9.17, 15) is 0 Å². The van der Waals surface area contributed by atoms with Crippen molar-refractivity contribution in [1.82, 2.24) is 0 Å². The molecule has 150 valence electrons. The smallest absolute Gasteiger partial charge is 0.138 e. The molecule has 29 heavy (non-hydrogen) atoms. The maximum Gasteiger partial charge on any atom is 0.138 e. The molecule has 0 radical (unpaired) electrons. The Labute approximate surface area is 171 Å². The molecule has 2 aromatic rings. The molecular weight excluding hydrogens is 364 g/mol. The zero-order valence-corrected chi connectivity index (χ0v) is 17.4. The van der Waals surface area contributed by atoms with Crippen LogP contribution in [-0.2, 0) is 6.42 Å². The lowest BCUT2D eigenvalue weighted by atomic mass is 9.86. The van der Waals surface area contributed by atoms with Gasteiger partial charge in [0.25, 0.3) is 0 Å². The highest BCUT2D eigenvalue weighted by atomic mass is 16.5. The quantitative estimate of drug-likeness (QED) is 0.588. The molecule has 0 fully saturated rings. The van der Waals surface area contributed by atoms with Crippen molar-refractivity contribution in [2.75, 3.05) is 6.61 Å². The van der Waals surface area contributed by atoms with Gasteiger partial charge >= 0.3 is 0 Å². The van der Waals surface area contributed by atoms with Crippen molar-refractivity contribution in [1.29, 1.82) is 0 Å². The first kappa shape index (κ1) is 17.3. The second-order valence-corrected chi connectivity index (χ2v) is 9.75. The summed E-state index contributed by atoms with van der Waals surface area (Å²) in [7, 11) is 0. The summed E-state index contributed by atoms with van der Waals surface area (Å²) in [6, 6.07) is 8.52. The summed E-state index contributed by atoms with van der Waals surface area (Å²) in [6.45, 7) is 9.03. The third-order valence-corrected chi connectivity index (χ3v) is 6.52. The molecule has 0 saturated heterocycles. The van der Waals surface area contributed by atoms with Crippen molar-refractivity contribution in [3.63, 3.8) is 0 Å². The van der Waals surface area contributed by atoms with E-state index in [2.05, 4.69) is 64.1 Å². The standard InChI is InChI=1S/C25H26O4/c1-24(2)9-7-14-11-17-21(12-20(14)29-24)26-13-18-15-5-6-19-16(22(15)27-23(17)18)8-10-25(3,4)28-19/h5-6,8,10-12,18,23H,7,9,13H2,1-4H3. The van der Waals surface area contributed by atoms with Crippen LogP contribution in [0.15, 0.2) is 30.3 Å². The average Bonchev–Trinajstić information content (AvgIpc) is 3.04. The first-order chi connectivity index (χ1) is 13.8. The zero-order valence-electron chi connectivity index (χ0n) is 17.4. The molecule has 0 spiro atoms. The van der Waals surface area contributed by atoms with E-state index in [4.69, 9.17) is 18.9 Å². The number of fused-ring (bicyclic) bond motifs is 8. The molecule has 2 atom stereocenters. The van der Waals surface area contributed by atoms with E-state index >= 15 is 0 Å². The van der Waals surface area contributed by atoms with Crippen molar-refractivity contribution in [3.8, 4) is 23.0 Å². The van der Waals surface area contributed by atoms with Gasteiger partial charge in [-0.15, -0.1) is 0 Å². The van der Waals surface area contributed by atoms with Crippen LogP contribution >= 0.6 is 0 Å². The molecule has 2 aromatic carbocycles. The predicted molar refractivity (Wildman–Crippen MR) is 111 cm³/mol. The Bertz CT molecular complexity index is 1060. The van der Waals surface area contributed by atoms with Crippen LogP contribution in [0.4, 0.5) is 0 Å². The van der Waals surface area contributed by atoms with E-state index < -0.39 is 0 Å². The fraction of sp³-hybridized carbons (Fsp3) is 0.440. The highest BCUT2D eigenvalue weighted by Gasteiger charge is 2.43. The van der Waals surface area contributed by atoms with E-state index in [0.717, 1.165) is 47.0 Å². The predicted octanol–water partition coefficient (Wildman–Crippen LogP) is 5.58. The average molecular weight is 390 g/mol. The fourth-order valence-corrected chi connectivity index (χ4v) is 4.93. The Balaban J connectivity index is 1.41. The van der Waals surface area contributed by atoms with Crippen LogP contribution in [0.25, 0.3) is 6.08 Å². The molecule has 4 nitrogen and oxygen atoms in total. The lowest BCUT2D eigenvalue weighted by molar-refractivity contribution is 0.0826. The van der Waals surface area contributed by atoms with Crippen LogP contribution in [0.5, 0.6) is 23.0 Å². The minimum absolute atomic E-state index is 0.0242. The van der Waals surface area contributed by atoms with Crippen LogP contribution in [0.1, 0.15) is 68.4 Å². The lowest BCUT2D eigenvalue weighted by Gasteiger charge is -2.35. The van der Waals surface area contributed by atoms with Gasteiger partial charge in [-0.2, -0.15) is 0 Å². The maximum atomic E-state index is 6.58. The van der Waals surface area contributed by atoms with Crippen LogP contribution in [0.2, 0.25) is 0 Å². The second-order valence-electron chi connectivity index (χ2n) is 9.75. The number of hydrogen-bond donors (Lipinski definition) is 0. The lowest BCUT2D eigenvalue weighted by Crippen LogP contribution is -2.33. The molecule has 0 aromatic heterocycles. The van der Waals surface area contributed by atoms with E-state index in [1.807, 2.05) is 0 Å². The summed E-state index contributed by atoms with van der Waals surface area (Å²) in [5.74, 6) is 3.86. The summed E-state index contributed by atoms with van der Waals surface area (Å²) in [5, 5.41) is 0. The van der Waals surface area contributed by atoms with Crippen LogP contribution < -0.4 is 18.9 Å². The monoisotopic (exact) mass is 390 g/mol. The van der Waals surface area contributed by atoms with Crippen molar-refractivity contribution >= 4 is 6.08 Å². The molecule has 4 heterocycles. The summed E-state index contributed by atoms with van der Waals surface area (Å²) >= 11 is 0. The SMILES string of the molecule is CC1(C)C=Cc2c(ccc3c2OC2c4cc5c(cc4OCC32)OC(C)(C)CC5)O1. The van der Waals surface area contributed by atoms with Crippen molar-refractivity contribution in [2.45, 2.75) is 63.8 Å². The summed E-state index contributed by atoms with van der Waals surface area (Å²) in [4.78, 5) is 0. The molecule has 0 amide bonds. The second kappa shape index (κ2) is 5.50. The van der Waals surface area contributed by atoms with Gasteiger partial charge < -0.3 is 18.9 Å². The largest absolute Gasteiger partial charge is 0.492 e. The molecule has 4 aliphatic rings. The van der Waals surface area contributed by atoms with Crippen molar-refractivity contribution in [2.24, 2.45) is 0 Å². The molecule has 4 heteroatoms. The van der Waals surface area contributed by atoms with Gasteiger partial charge in [0.05, 0.1) is 18.1 Å². The van der Waals surface area contributed by atoms with E-state index in [1.54, 1.807) is 0 Å². The van der Waals surface area contributed by atoms with Gasteiger partial charge in [-0.25, -0.2) is 0 Å². The summed E-state index contributed by atoms with van der Waals surface area (Å²) in [5.41, 5.74) is 4.21. The summed E-state index contributed by atoms with van der Waals surface area (Å²) in [6.07, 6.45) is 6.24. The van der Waals surface area contributed by atoms with Gasteiger partial charge in [0.2, 0.25) is 0 Å². The number of hydrogen-bond acceptors (Lipinski definition) is 4. The number of benzene rings is 2. The van der Waals surface area contributed by atoms with Gasteiger partial charge in [0.15, 0.2) is 0 Å². The topological polar surface area (TPSA) is 36.9 Å². The van der Waals surface area contributed by atoms with Gasteiger partial charge in [0, 0.05) is 17.2 Å². The molecule has 4 aliphatic heterocycles. The highest BCUT2D eigenvalue weighted by Crippen LogP contribution is 2.55.